The summed E-state index contributed by atoms with van der Waals surface area (Å²) in [5.41, 5.74) is -0.753. The zero-order valence-electron chi connectivity index (χ0n) is 10.8. The normalized spacial score (nSPS) is 10.9. The predicted molar refractivity (Wildman–Crippen MR) is 66.9 cm³/mol. The molecule has 1 aromatic rings. The number of anilines is 2. The fraction of sp³-hybridized carbons (Fsp3) is 0.500. The van der Waals surface area contributed by atoms with Crippen molar-refractivity contribution in [3.05, 3.63) is 17.7 Å². The first-order valence-electron chi connectivity index (χ1n) is 5.79. The van der Waals surface area contributed by atoms with Crippen molar-refractivity contribution in [2.45, 2.75) is 19.5 Å². The van der Waals surface area contributed by atoms with E-state index in [-0.39, 0.29) is 18.1 Å². The monoisotopic (exact) mass is 272 g/mol. The Morgan fingerprint density at radius 1 is 1.42 bits per heavy atom. The van der Waals surface area contributed by atoms with Gasteiger partial charge in [-0.25, -0.2) is 4.98 Å². The third kappa shape index (κ3) is 4.32. The molecule has 0 saturated carbocycles. The van der Waals surface area contributed by atoms with Gasteiger partial charge in [-0.05, 0) is 19.1 Å². The molecule has 0 atom stereocenters. The molecule has 1 rings (SSSR count). The quantitative estimate of drug-likeness (QED) is 0.895. The van der Waals surface area contributed by atoms with Crippen molar-refractivity contribution in [2.24, 2.45) is 0 Å². The van der Waals surface area contributed by atoms with Crippen LogP contribution in [0.2, 0.25) is 0 Å². The number of nitriles is 1. The van der Waals surface area contributed by atoms with E-state index in [1.165, 1.54) is 4.90 Å². The number of rotatable bonds is 5. The first-order valence-corrected chi connectivity index (χ1v) is 5.79. The Hall–Kier alpha value is -1.97. The molecule has 0 aromatic carbocycles. The number of hydrogen-bond donors (Lipinski definition) is 1. The maximum absolute atomic E-state index is 12.8. The minimum absolute atomic E-state index is 0.177. The van der Waals surface area contributed by atoms with E-state index in [1.54, 1.807) is 14.0 Å². The van der Waals surface area contributed by atoms with Crippen molar-refractivity contribution in [3.8, 4) is 6.07 Å². The van der Waals surface area contributed by atoms with Gasteiger partial charge in [0.25, 0.3) is 0 Å². The number of hydrogen-bond acceptors (Lipinski definition) is 4. The lowest BCUT2D eigenvalue weighted by molar-refractivity contribution is -0.137. The van der Waals surface area contributed by atoms with Crippen molar-refractivity contribution >= 4 is 11.6 Å². The van der Waals surface area contributed by atoms with Crippen LogP contribution in [0.15, 0.2) is 12.1 Å². The minimum Gasteiger partial charge on any atom is -0.370 e. The lowest BCUT2D eigenvalue weighted by Gasteiger charge is -2.19. The van der Waals surface area contributed by atoms with Crippen molar-refractivity contribution < 1.29 is 13.2 Å². The van der Waals surface area contributed by atoms with Crippen LogP contribution in [0, 0.1) is 11.3 Å². The summed E-state index contributed by atoms with van der Waals surface area (Å²) in [5, 5.41) is 11.3. The first-order chi connectivity index (χ1) is 8.88. The topological polar surface area (TPSA) is 52.0 Å². The molecule has 0 fully saturated rings. The maximum atomic E-state index is 12.8. The van der Waals surface area contributed by atoms with Crippen molar-refractivity contribution in [2.75, 3.05) is 30.4 Å². The standard InChI is InChI=1S/C12H15F3N4/c1-3-17-10-7-9(12(13,14)15)8-11(18-10)19(2)6-4-5-16/h7-8H,3-4,6H2,1-2H3,(H,17,18). The van der Waals surface area contributed by atoms with Crippen molar-refractivity contribution in [1.29, 1.82) is 5.26 Å². The average Bonchev–Trinajstić information content (AvgIpc) is 2.35. The van der Waals surface area contributed by atoms with Gasteiger partial charge in [0, 0.05) is 20.1 Å². The molecule has 104 valence electrons. The fourth-order valence-electron chi connectivity index (χ4n) is 1.48. The minimum atomic E-state index is -4.42. The van der Waals surface area contributed by atoms with Crippen LogP contribution in [0.5, 0.6) is 0 Å². The fourth-order valence-corrected chi connectivity index (χ4v) is 1.48. The Balaban J connectivity index is 3.09. The number of halogens is 3. The third-order valence-electron chi connectivity index (χ3n) is 2.45. The molecule has 0 aliphatic heterocycles. The molecule has 7 heteroatoms. The predicted octanol–water partition coefficient (Wildman–Crippen LogP) is 2.88. The molecule has 4 nitrogen and oxygen atoms in total. The smallest absolute Gasteiger partial charge is 0.370 e. The average molecular weight is 272 g/mol. The number of pyridine rings is 1. The lowest BCUT2D eigenvalue weighted by atomic mass is 10.2. The van der Waals surface area contributed by atoms with Crippen molar-refractivity contribution in [1.82, 2.24) is 4.98 Å². The molecule has 0 saturated heterocycles. The lowest BCUT2D eigenvalue weighted by Crippen LogP contribution is -2.21. The molecule has 0 unspecified atom stereocenters. The molecule has 1 heterocycles. The van der Waals surface area contributed by atoms with E-state index >= 15 is 0 Å². The second kappa shape index (κ2) is 6.27. The molecule has 1 N–H and O–H groups in total. The molecular formula is C12H15F3N4. The Labute approximate surface area is 109 Å². The van der Waals surface area contributed by atoms with Gasteiger partial charge in [-0.1, -0.05) is 0 Å². The zero-order chi connectivity index (χ0) is 14.5. The summed E-state index contributed by atoms with van der Waals surface area (Å²) in [7, 11) is 1.61. The molecule has 0 aliphatic carbocycles. The Bertz CT molecular complexity index is 465. The van der Waals surface area contributed by atoms with Crippen LogP contribution in [-0.4, -0.2) is 25.1 Å². The van der Waals surface area contributed by atoms with Crippen LogP contribution in [0.3, 0.4) is 0 Å². The van der Waals surface area contributed by atoms with E-state index in [9.17, 15) is 13.2 Å². The van der Waals surface area contributed by atoms with E-state index < -0.39 is 11.7 Å². The maximum Gasteiger partial charge on any atom is 0.416 e. The number of nitrogens with one attached hydrogen (secondary N) is 1. The van der Waals surface area contributed by atoms with Gasteiger partial charge in [-0.3, -0.25) is 0 Å². The molecule has 0 radical (unpaired) electrons. The molecule has 19 heavy (non-hydrogen) atoms. The van der Waals surface area contributed by atoms with Gasteiger partial charge in [0.15, 0.2) is 0 Å². The van der Waals surface area contributed by atoms with Gasteiger partial charge in [0.05, 0.1) is 18.1 Å². The second-order valence-corrected chi connectivity index (χ2v) is 3.96. The molecule has 0 amide bonds. The van der Waals surface area contributed by atoms with Crippen LogP contribution in [-0.2, 0) is 6.18 Å². The van der Waals surface area contributed by atoms with E-state index in [0.717, 1.165) is 12.1 Å². The highest BCUT2D eigenvalue weighted by molar-refractivity contribution is 5.51. The van der Waals surface area contributed by atoms with Gasteiger partial charge in [0.1, 0.15) is 11.6 Å². The summed E-state index contributed by atoms with van der Waals surface area (Å²) in [4.78, 5) is 5.62. The number of aromatic nitrogens is 1. The summed E-state index contributed by atoms with van der Waals surface area (Å²) in [6, 6.07) is 3.91. The summed E-state index contributed by atoms with van der Waals surface area (Å²) < 4.78 is 38.3. The van der Waals surface area contributed by atoms with Gasteiger partial charge < -0.3 is 10.2 Å². The first kappa shape index (κ1) is 15.1. The SMILES string of the molecule is CCNc1cc(C(F)(F)F)cc(N(C)CCC#N)n1. The van der Waals surface area contributed by atoms with Gasteiger partial charge in [-0.2, -0.15) is 18.4 Å². The zero-order valence-corrected chi connectivity index (χ0v) is 10.8. The van der Waals surface area contributed by atoms with Crippen LogP contribution < -0.4 is 10.2 Å². The molecular weight excluding hydrogens is 257 g/mol. The highest BCUT2D eigenvalue weighted by atomic mass is 19.4. The molecule has 0 aliphatic rings. The summed E-state index contributed by atoms with van der Waals surface area (Å²) in [5.74, 6) is 0.372. The highest BCUT2D eigenvalue weighted by Crippen LogP contribution is 2.32. The van der Waals surface area contributed by atoms with Crippen LogP contribution >= 0.6 is 0 Å². The molecule has 0 spiro atoms. The Kier molecular flexibility index (Phi) is 4.98. The van der Waals surface area contributed by atoms with E-state index in [0.29, 0.717) is 13.1 Å². The van der Waals surface area contributed by atoms with Crippen LogP contribution in [0.25, 0.3) is 0 Å². The summed E-state index contributed by atoms with van der Waals surface area (Å²) in [6.45, 7) is 2.59. The van der Waals surface area contributed by atoms with E-state index in [1.807, 2.05) is 6.07 Å². The van der Waals surface area contributed by atoms with Crippen LogP contribution in [0.1, 0.15) is 18.9 Å². The van der Waals surface area contributed by atoms with E-state index in [4.69, 9.17) is 5.26 Å². The largest absolute Gasteiger partial charge is 0.416 e. The molecule has 0 bridgehead atoms. The van der Waals surface area contributed by atoms with Gasteiger partial charge >= 0.3 is 6.18 Å². The summed E-state index contributed by atoms with van der Waals surface area (Å²) >= 11 is 0. The Morgan fingerprint density at radius 3 is 2.63 bits per heavy atom. The van der Waals surface area contributed by atoms with E-state index in [2.05, 4.69) is 10.3 Å². The Morgan fingerprint density at radius 2 is 2.11 bits per heavy atom. The molecule has 1 aromatic heterocycles. The van der Waals surface area contributed by atoms with Crippen LogP contribution in [0.4, 0.5) is 24.8 Å². The number of alkyl halides is 3. The van der Waals surface area contributed by atoms with Gasteiger partial charge in [-0.15, -0.1) is 0 Å². The highest BCUT2D eigenvalue weighted by Gasteiger charge is 2.32. The second-order valence-electron chi connectivity index (χ2n) is 3.96. The van der Waals surface area contributed by atoms with Crippen molar-refractivity contribution in [3.63, 3.8) is 0 Å². The summed E-state index contributed by atoms with van der Waals surface area (Å²) in [6.07, 6.45) is -4.19. The van der Waals surface area contributed by atoms with Gasteiger partial charge in [0.2, 0.25) is 0 Å². The number of nitrogens with zero attached hydrogens (tertiary/aromatic N) is 3. The third-order valence-corrected chi connectivity index (χ3v) is 2.45.